The van der Waals surface area contributed by atoms with Crippen LogP contribution in [0, 0.1) is 13.8 Å². The number of carbonyl (C=O) groups excluding carboxylic acids is 2. The minimum atomic E-state index is -3.84. The van der Waals surface area contributed by atoms with Crippen molar-refractivity contribution in [2.75, 3.05) is 18.5 Å². The summed E-state index contributed by atoms with van der Waals surface area (Å²) in [7, 11) is -3.84. The Labute approximate surface area is 162 Å². The minimum absolute atomic E-state index is 0.0349. The molecule has 9 heteroatoms. The monoisotopic (exact) mass is 410 g/mol. The third kappa shape index (κ3) is 6.35. The van der Waals surface area contributed by atoms with E-state index in [1.807, 2.05) is 13.8 Å². The number of amides is 1. The molecule has 2 rings (SSSR count). The summed E-state index contributed by atoms with van der Waals surface area (Å²) in [5.74, 6) is -1.47. The van der Waals surface area contributed by atoms with Gasteiger partial charge in [0.05, 0.1) is 15.6 Å². The second-order valence-electron chi connectivity index (χ2n) is 5.83. The van der Waals surface area contributed by atoms with Gasteiger partial charge in [-0.15, -0.1) is 0 Å². The van der Waals surface area contributed by atoms with E-state index in [2.05, 4.69) is 10.0 Å². The molecule has 0 saturated carbocycles. The molecule has 2 aromatic rings. The molecule has 0 fully saturated rings. The largest absolute Gasteiger partial charge is 0.455 e. The first kappa shape index (κ1) is 20.9. The van der Waals surface area contributed by atoms with E-state index in [0.717, 1.165) is 11.1 Å². The van der Waals surface area contributed by atoms with Gasteiger partial charge in [-0.25, -0.2) is 8.42 Å². The minimum Gasteiger partial charge on any atom is -0.455 e. The summed E-state index contributed by atoms with van der Waals surface area (Å²) in [5, 5.41) is 2.87. The van der Waals surface area contributed by atoms with Gasteiger partial charge in [0.2, 0.25) is 10.0 Å². The summed E-state index contributed by atoms with van der Waals surface area (Å²) >= 11 is 6.00. The number of rotatable bonds is 7. The van der Waals surface area contributed by atoms with Gasteiger partial charge in [0.25, 0.3) is 5.91 Å². The van der Waals surface area contributed by atoms with E-state index in [0.29, 0.717) is 10.7 Å². The van der Waals surface area contributed by atoms with Crippen LogP contribution in [0.5, 0.6) is 0 Å². The van der Waals surface area contributed by atoms with Crippen LogP contribution in [-0.2, 0) is 24.3 Å². The van der Waals surface area contributed by atoms with Crippen LogP contribution in [0.4, 0.5) is 5.69 Å². The number of halogens is 1. The highest BCUT2D eigenvalue weighted by Crippen LogP contribution is 2.22. The Hall–Kier alpha value is -2.42. The van der Waals surface area contributed by atoms with Crippen molar-refractivity contribution in [3.05, 3.63) is 58.6 Å². The molecule has 7 nitrogen and oxygen atoms in total. The quantitative estimate of drug-likeness (QED) is 0.682. The molecule has 0 aromatic heterocycles. The van der Waals surface area contributed by atoms with Gasteiger partial charge in [-0.2, -0.15) is 4.72 Å². The first-order valence-corrected chi connectivity index (χ1v) is 9.81. The summed E-state index contributed by atoms with van der Waals surface area (Å²) in [5.41, 5.74) is 2.24. The molecule has 27 heavy (non-hydrogen) atoms. The lowest BCUT2D eigenvalue weighted by Crippen LogP contribution is -2.32. The van der Waals surface area contributed by atoms with Crippen LogP contribution >= 0.6 is 11.6 Å². The molecule has 0 aliphatic carbocycles. The smallest absolute Gasteiger partial charge is 0.321 e. The molecule has 2 aromatic carbocycles. The van der Waals surface area contributed by atoms with Crippen LogP contribution in [0.1, 0.15) is 11.1 Å². The van der Waals surface area contributed by atoms with Gasteiger partial charge in [0.1, 0.15) is 6.54 Å². The Morgan fingerprint density at radius 1 is 1.04 bits per heavy atom. The van der Waals surface area contributed by atoms with Gasteiger partial charge in [0.15, 0.2) is 6.61 Å². The summed E-state index contributed by atoms with van der Waals surface area (Å²) in [6.07, 6.45) is 0. The Kier molecular flexibility index (Phi) is 6.95. The van der Waals surface area contributed by atoms with Crippen molar-refractivity contribution in [1.82, 2.24) is 4.72 Å². The molecule has 1 amide bonds. The van der Waals surface area contributed by atoms with E-state index in [4.69, 9.17) is 16.3 Å². The highest BCUT2D eigenvalue weighted by atomic mass is 35.5. The van der Waals surface area contributed by atoms with Gasteiger partial charge >= 0.3 is 5.97 Å². The summed E-state index contributed by atoms with van der Waals surface area (Å²) in [6, 6.07) is 11.2. The zero-order valence-electron chi connectivity index (χ0n) is 14.8. The van der Waals surface area contributed by atoms with Gasteiger partial charge in [-0.1, -0.05) is 35.4 Å². The molecule has 0 aliphatic heterocycles. The van der Waals surface area contributed by atoms with E-state index in [1.54, 1.807) is 30.3 Å². The Morgan fingerprint density at radius 3 is 2.30 bits per heavy atom. The fourth-order valence-corrected chi connectivity index (χ4v) is 3.31. The van der Waals surface area contributed by atoms with Crippen LogP contribution in [0.2, 0.25) is 5.02 Å². The molecule has 0 spiro atoms. The normalized spacial score (nSPS) is 11.1. The first-order chi connectivity index (χ1) is 12.7. The second kappa shape index (κ2) is 8.98. The molecular formula is C18H19ClN2O5S. The lowest BCUT2D eigenvalue weighted by Gasteiger charge is -2.09. The van der Waals surface area contributed by atoms with Crippen LogP contribution in [-0.4, -0.2) is 33.4 Å². The van der Waals surface area contributed by atoms with Crippen molar-refractivity contribution in [2.24, 2.45) is 0 Å². The van der Waals surface area contributed by atoms with Crippen LogP contribution < -0.4 is 10.0 Å². The van der Waals surface area contributed by atoms with Crippen LogP contribution in [0.15, 0.2) is 47.4 Å². The number of anilines is 1. The van der Waals surface area contributed by atoms with Crippen molar-refractivity contribution in [3.8, 4) is 0 Å². The predicted octanol–water partition coefficient (Wildman–Crippen LogP) is 2.42. The third-order valence-corrected chi connectivity index (χ3v) is 5.23. The lowest BCUT2D eigenvalue weighted by molar-refractivity contribution is -0.146. The molecule has 0 heterocycles. The SMILES string of the molecule is Cc1ccc(S(=O)(=O)NCC(=O)OCC(=O)Nc2ccc(C)cc2Cl)cc1. The molecule has 2 N–H and O–H groups in total. The maximum absolute atomic E-state index is 12.1. The maximum atomic E-state index is 12.1. The number of hydrogen-bond acceptors (Lipinski definition) is 5. The van der Waals surface area contributed by atoms with Crippen molar-refractivity contribution < 1.29 is 22.7 Å². The van der Waals surface area contributed by atoms with Crippen LogP contribution in [0.3, 0.4) is 0 Å². The average Bonchev–Trinajstić information content (AvgIpc) is 2.61. The summed E-state index contributed by atoms with van der Waals surface area (Å²) in [4.78, 5) is 23.5. The molecule has 0 radical (unpaired) electrons. The first-order valence-electron chi connectivity index (χ1n) is 7.95. The highest BCUT2D eigenvalue weighted by molar-refractivity contribution is 7.89. The standard InChI is InChI=1S/C18H19ClN2O5S/c1-12-3-6-14(7-4-12)27(24,25)20-10-18(23)26-11-17(22)21-16-8-5-13(2)9-15(16)19/h3-9,20H,10-11H2,1-2H3,(H,21,22). The zero-order valence-corrected chi connectivity index (χ0v) is 16.4. The molecule has 0 unspecified atom stereocenters. The number of carbonyl (C=O) groups is 2. The molecule has 0 atom stereocenters. The zero-order chi connectivity index (χ0) is 20.0. The van der Waals surface area contributed by atoms with E-state index >= 15 is 0 Å². The molecule has 0 saturated heterocycles. The Morgan fingerprint density at radius 2 is 1.67 bits per heavy atom. The highest BCUT2D eigenvalue weighted by Gasteiger charge is 2.16. The van der Waals surface area contributed by atoms with E-state index in [9.17, 15) is 18.0 Å². The van der Waals surface area contributed by atoms with Crippen molar-refractivity contribution in [3.63, 3.8) is 0 Å². The van der Waals surface area contributed by atoms with Crippen molar-refractivity contribution >= 4 is 39.2 Å². The molecule has 0 bridgehead atoms. The summed E-state index contributed by atoms with van der Waals surface area (Å²) in [6.45, 7) is 2.54. The number of ether oxygens (including phenoxy) is 1. The molecule has 0 aliphatic rings. The second-order valence-corrected chi connectivity index (χ2v) is 8.00. The Bertz CT molecular complexity index is 943. The van der Waals surface area contributed by atoms with E-state index in [-0.39, 0.29) is 4.90 Å². The maximum Gasteiger partial charge on any atom is 0.321 e. The van der Waals surface area contributed by atoms with E-state index in [1.165, 1.54) is 12.1 Å². The molecule has 144 valence electrons. The number of nitrogens with one attached hydrogen (secondary N) is 2. The number of sulfonamides is 1. The fourth-order valence-electron chi connectivity index (χ4n) is 2.06. The number of hydrogen-bond donors (Lipinski definition) is 2. The predicted molar refractivity (Wildman–Crippen MR) is 102 cm³/mol. The number of aryl methyl sites for hydroxylation is 2. The fraction of sp³-hybridized carbons (Fsp3) is 0.222. The van der Waals surface area contributed by atoms with Gasteiger partial charge in [-0.3, -0.25) is 9.59 Å². The van der Waals surface area contributed by atoms with Gasteiger partial charge in [0, 0.05) is 0 Å². The van der Waals surface area contributed by atoms with Crippen molar-refractivity contribution in [2.45, 2.75) is 18.7 Å². The third-order valence-electron chi connectivity index (χ3n) is 3.50. The van der Waals surface area contributed by atoms with Crippen molar-refractivity contribution in [1.29, 1.82) is 0 Å². The van der Waals surface area contributed by atoms with E-state index < -0.39 is 35.1 Å². The average molecular weight is 411 g/mol. The number of benzene rings is 2. The topological polar surface area (TPSA) is 102 Å². The van der Waals surface area contributed by atoms with Gasteiger partial charge in [-0.05, 0) is 43.7 Å². The van der Waals surface area contributed by atoms with Crippen LogP contribution in [0.25, 0.3) is 0 Å². The molecular weight excluding hydrogens is 392 g/mol. The lowest BCUT2D eigenvalue weighted by atomic mass is 10.2. The summed E-state index contributed by atoms with van der Waals surface area (Å²) < 4.78 is 31.1. The number of esters is 1. The Balaban J connectivity index is 1.81. The van der Waals surface area contributed by atoms with Gasteiger partial charge < -0.3 is 10.1 Å².